The van der Waals surface area contributed by atoms with E-state index in [1.54, 1.807) is 30.2 Å². The molecule has 0 radical (unpaired) electrons. The number of aryl methyl sites for hydroxylation is 2. The monoisotopic (exact) mass is 325 g/mol. The molecular weight excluding hydrogens is 306 g/mol. The summed E-state index contributed by atoms with van der Waals surface area (Å²) in [6, 6.07) is 8.89. The smallest absolute Gasteiger partial charge is 0.250 e. The first-order valence-electron chi connectivity index (χ1n) is 7.61. The van der Waals surface area contributed by atoms with Crippen molar-refractivity contribution in [2.75, 3.05) is 18.7 Å². The Bertz CT molecular complexity index is 826. The van der Waals surface area contributed by atoms with Gasteiger partial charge < -0.3 is 19.5 Å². The summed E-state index contributed by atoms with van der Waals surface area (Å²) in [5, 5.41) is 9.54. The standard InChI is InChI=1S/C19H19NO4/c1-12-9-17-18(24-11-23-17)10-15(12)20(3)19(22)7-5-14-4-6-16(21)13(2)8-14/h4-10,21H,11H2,1-3H3. The number of fused-ring (bicyclic) bond motifs is 1. The van der Waals surface area contributed by atoms with Crippen LogP contribution >= 0.6 is 0 Å². The normalized spacial score (nSPS) is 12.6. The zero-order valence-corrected chi connectivity index (χ0v) is 13.9. The van der Waals surface area contributed by atoms with Crippen LogP contribution in [0, 0.1) is 13.8 Å². The molecule has 0 aliphatic carbocycles. The molecule has 5 nitrogen and oxygen atoms in total. The second kappa shape index (κ2) is 6.28. The lowest BCUT2D eigenvalue weighted by molar-refractivity contribution is -0.113. The Morgan fingerprint density at radius 1 is 1.12 bits per heavy atom. The number of carbonyl (C=O) groups excluding carboxylic acids is 1. The average molecular weight is 325 g/mol. The summed E-state index contributed by atoms with van der Waals surface area (Å²) in [6.45, 7) is 3.95. The molecule has 2 aromatic rings. The fourth-order valence-electron chi connectivity index (χ4n) is 2.57. The van der Waals surface area contributed by atoms with Crippen LogP contribution in [0.3, 0.4) is 0 Å². The van der Waals surface area contributed by atoms with Crippen LogP contribution in [0.25, 0.3) is 6.08 Å². The number of benzene rings is 2. The highest BCUT2D eigenvalue weighted by atomic mass is 16.7. The van der Waals surface area contributed by atoms with E-state index in [0.717, 1.165) is 22.4 Å². The lowest BCUT2D eigenvalue weighted by Crippen LogP contribution is -2.24. The molecule has 0 atom stereocenters. The quantitative estimate of drug-likeness (QED) is 0.879. The van der Waals surface area contributed by atoms with Gasteiger partial charge in [-0.15, -0.1) is 0 Å². The summed E-state index contributed by atoms with van der Waals surface area (Å²) in [5.41, 5.74) is 3.33. The largest absolute Gasteiger partial charge is 0.508 e. The van der Waals surface area contributed by atoms with Gasteiger partial charge in [-0.2, -0.15) is 0 Å². The number of hydrogen-bond donors (Lipinski definition) is 1. The number of rotatable bonds is 3. The number of phenolic OH excluding ortho intramolecular Hbond substituents is 1. The Kier molecular flexibility index (Phi) is 4.16. The fourth-order valence-corrected chi connectivity index (χ4v) is 2.57. The van der Waals surface area contributed by atoms with Gasteiger partial charge >= 0.3 is 0 Å². The number of phenols is 1. The van der Waals surface area contributed by atoms with Crippen LogP contribution < -0.4 is 14.4 Å². The Morgan fingerprint density at radius 3 is 2.54 bits per heavy atom. The molecule has 1 N–H and O–H groups in total. The molecule has 1 aliphatic rings. The van der Waals surface area contributed by atoms with Gasteiger partial charge in [0, 0.05) is 19.2 Å². The van der Waals surface area contributed by atoms with E-state index in [2.05, 4.69) is 0 Å². The van der Waals surface area contributed by atoms with Crippen molar-refractivity contribution >= 4 is 17.7 Å². The third-order valence-electron chi connectivity index (χ3n) is 4.02. The summed E-state index contributed by atoms with van der Waals surface area (Å²) >= 11 is 0. The van der Waals surface area contributed by atoms with Crippen LogP contribution in [0.4, 0.5) is 5.69 Å². The van der Waals surface area contributed by atoms with Gasteiger partial charge in [0.25, 0.3) is 5.91 Å². The molecule has 0 saturated carbocycles. The van der Waals surface area contributed by atoms with E-state index in [1.807, 2.05) is 32.0 Å². The molecule has 0 spiro atoms. The molecule has 24 heavy (non-hydrogen) atoms. The predicted octanol–water partition coefficient (Wildman–Crippen LogP) is 3.41. The topological polar surface area (TPSA) is 59.0 Å². The summed E-state index contributed by atoms with van der Waals surface area (Å²) in [6.07, 6.45) is 3.24. The van der Waals surface area contributed by atoms with Crippen molar-refractivity contribution < 1.29 is 19.4 Å². The third-order valence-corrected chi connectivity index (χ3v) is 4.02. The molecular formula is C19H19NO4. The molecule has 0 saturated heterocycles. The number of likely N-dealkylation sites (N-methyl/N-ethyl adjacent to an activating group) is 1. The second-order valence-electron chi connectivity index (χ2n) is 5.77. The summed E-state index contributed by atoms with van der Waals surface area (Å²) in [7, 11) is 1.72. The minimum atomic E-state index is -0.150. The first kappa shape index (κ1) is 15.9. The van der Waals surface area contributed by atoms with Crippen molar-refractivity contribution in [2.24, 2.45) is 0 Å². The Balaban J connectivity index is 1.79. The maximum atomic E-state index is 12.4. The Hall–Kier alpha value is -2.95. The third kappa shape index (κ3) is 3.06. The van der Waals surface area contributed by atoms with E-state index in [0.29, 0.717) is 11.5 Å². The molecule has 0 aromatic heterocycles. The first-order chi connectivity index (χ1) is 11.5. The molecule has 0 bridgehead atoms. The van der Waals surface area contributed by atoms with Crippen LogP contribution in [0.5, 0.6) is 17.2 Å². The average Bonchev–Trinajstić information content (AvgIpc) is 3.01. The van der Waals surface area contributed by atoms with Crippen molar-refractivity contribution in [1.82, 2.24) is 0 Å². The molecule has 0 unspecified atom stereocenters. The summed E-state index contributed by atoms with van der Waals surface area (Å²) in [5.74, 6) is 1.44. The number of aromatic hydroxyl groups is 1. The van der Waals surface area contributed by atoms with Crippen molar-refractivity contribution in [1.29, 1.82) is 0 Å². The SMILES string of the molecule is Cc1cc(C=CC(=O)N(C)c2cc3c(cc2C)OCO3)ccc1O. The predicted molar refractivity (Wildman–Crippen MR) is 92.6 cm³/mol. The highest BCUT2D eigenvalue weighted by Crippen LogP contribution is 2.37. The van der Waals surface area contributed by atoms with Crippen LogP contribution in [-0.2, 0) is 4.79 Å². The van der Waals surface area contributed by atoms with E-state index in [4.69, 9.17) is 9.47 Å². The maximum Gasteiger partial charge on any atom is 0.250 e. The van der Waals surface area contributed by atoms with Crippen molar-refractivity contribution in [3.8, 4) is 17.2 Å². The molecule has 1 heterocycles. The summed E-state index contributed by atoms with van der Waals surface area (Å²) in [4.78, 5) is 14.0. The van der Waals surface area contributed by atoms with Gasteiger partial charge in [-0.3, -0.25) is 4.79 Å². The minimum Gasteiger partial charge on any atom is -0.508 e. The lowest BCUT2D eigenvalue weighted by Gasteiger charge is -2.18. The van der Waals surface area contributed by atoms with E-state index in [1.165, 1.54) is 6.08 Å². The molecule has 124 valence electrons. The summed E-state index contributed by atoms with van der Waals surface area (Å²) < 4.78 is 10.7. The molecule has 1 amide bonds. The van der Waals surface area contributed by atoms with Gasteiger partial charge in [-0.05, 0) is 54.8 Å². The fraction of sp³-hybridized carbons (Fsp3) is 0.211. The van der Waals surface area contributed by atoms with Crippen LogP contribution in [0.1, 0.15) is 16.7 Å². The first-order valence-corrected chi connectivity index (χ1v) is 7.61. The zero-order chi connectivity index (χ0) is 17.3. The number of amides is 1. The highest BCUT2D eigenvalue weighted by molar-refractivity contribution is 6.04. The molecule has 1 aliphatic heterocycles. The molecule has 2 aromatic carbocycles. The second-order valence-corrected chi connectivity index (χ2v) is 5.77. The number of ether oxygens (including phenoxy) is 2. The van der Waals surface area contributed by atoms with E-state index in [9.17, 15) is 9.90 Å². The van der Waals surface area contributed by atoms with Gasteiger partial charge in [0.1, 0.15) is 5.75 Å². The van der Waals surface area contributed by atoms with E-state index >= 15 is 0 Å². The van der Waals surface area contributed by atoms with Gasteiger partial charge in [-0.1, -0.05) is 6.07 Å². The van der Waals surface area contributed by atoms with Crippen molar-refractivity contribution in [3.05, 3.63) is 53.1 Å². The van der Waals surface area contributed by atoms with Crippen molar-refractivity contribution in [2.45, 2.75) is 13.8 Å². The number of carbonyl (C=O) groups is 1. The number of nitrogens with zero attached hydrogens (tertiary/aromatic N) is 1. The minimum absolute atomic E-state index is 0.150. The van der Waals surface area contributed by atoms with E-state index < -0.39 is 0 Å². The van der Waals surface area contributed by atoms with Crippen LogP contribution in [0.15, 0.2) is 36.4 Å². The van der Waals surface area contributed by atoms with Crippen LogP contribution in [-0.4, -0.2) is 24.9 Å². The zero-order valence-electron chi connectivity index (χ0n) is 13.9. The van der Waals surface area contributed by atoms with Gasteiger partial charge in [-0.25, -0.2) is 0 Å². The van der Waals surface area contributed by atoms with Gasteiger partial charge in [0.05, 0.1) is 5.69 Å². The Labute approximate surface area is 140 Å². The lowest BCUT2D eigenvalue weighted by atomic mass is 10.1. The van der Waals surface area contributed by atoms with Crippen LogP contribution in [0.2, 0.25) is 0 Å². The molecule has 0 fully saturated rings. The number of anilines is 1. The van der Waals surface area contributed by atoms with E-state index in [-0.39, 0.29) is 18.4 Å². The molecule has 5 heteroatoms. The Morgan fingerprint density at radius 2 is 1.83 bits per heavy atom. The van der Waals surface area contributed by atoms with Gasteiger partial charge in [0.15, 0.2) is 11.5 Å². The maximum absolute atomic E-state index is 12.4. The number of hydrogen-bond acceptors (Lipinski definition) is 4. The molecule has 3 rings (SSSR count). The highest BCUT2D eigenvalue weighted by Gasteiger charge is 2.19. The van der Waals surface area contributed by atoms with Gasteiger partial charge in [0.2, 0.25) is 6.79 Å². The van der Waals surface area contributed by atoms with Crippen molar-refractivity contribution in [3.63, 3.8) is 0 Å².